The van der Waals surface area contributed by atoms with E-state index in [-0.39, 0.29) is 6.04 Å². The van der Waals surface area contributed by atoms with Crippen molar-refractivity contribution in [2.24, 2.45) is 0 Å². The fourth-order valence-electron chi connectivity index (χ4n) is 2.58. The number of sulfonamides is 1. The summed E-state index contributed by atoms with van der Waals surface area (Å²) in [6.45, 7) is 2.92. The minimum atomic E-state index is -3.48. The average molecular weight is 296 g/mol. The van der Waals surface area contributed by atoms with Crippen LogP contribution in [-0.2, 0) is 10.0 Å². The van der Waals surface area contributed by atoms with Crippen molar-refractivity contribution < 1.29 is 13.5 Å². The summed E-state index contributed by atoms with van der Waals surface area (Å²) in [5.41, 5.74) is -0.0701. The van der Waals surface area contributed by atoms with Gasteiger partial charge in [-0.25, -0.2) is 13.1 Å². The van der Waals surface area contributed by atoms with Crippen molar-refractivity contribution in [3.8, 4) is 0 Å². The fourth-order valence-corrected chi connectivity index (χ4v) is 4.11. The zero-order valence-corrected chi connectivity index (χ0v) is 12.4. The Balaban J connectivity index is 1.92. The van der Waals surface area contributed by atoms with Gasteiger partial charge < -0.3 is 10.0 Å². The number of aliphatic hydroxyl groups is 1. The van der Waals surface area contributed by atoms with E-state index in [0.29, 0.717) is 30.1 Å². The lowest BCUT2D eigenvalue weighted by molar-refractivity contribution is 0.0839. The second-order valence-electron chi connectivity index (χ2n) is 6.03. The van der Waals surface area contributed by atoms with Gasteiger partial charge in [0.15, 0.2) is 0 Å². The van der Waals surface area contributed by atoms with Gasteiger partial charge in [0.2, 0.25) is 10.0 Å². The van der Waals surface area contributed by atoms with Crippen molar-refractivity contribution in [1.29, 1.82) is 0 Å². The number of rotatable bonds is 4. The molecule has 1 saturated heterocycles. The van der Waals surface area contributed by atoms with Gasteiger partial charge in [-0.2, -0.15) is 0 Å². The van der Waals surface area contributed by atoms with Crippen molar-refractivity contribution in [3.05, 3.63) is 24.3 Å². The molecule has 1 aromatic carbocycles. The van der Waals surface area contributed by atoms with Crippen LogP contribution in [0.25, 0.3) is 0 Å². The summed E-state index contributed by atoms with van der Waals surface area (Å²) >= 11 is 0. The number of nitrogens with zero attached hydrogens (tertiary/aromatic N) is 1. The lowest BCUT2D eigenvalue weighted by Gasteiger charge is -2.23. The van der Waals surface area contributed by atoms with E-state index in [0.717, 1.165) is 12.8 Å². The van der Waals surface area contributed by atoms with Crippen LogP contribution in [0, 0.1) is 0 Å². The third-order valence-electron chi connectivity index (χ3n) is 3.85. The molecule has 6 heteroatoms. The van der Waals surface area contributed by atoms with Gasteiger partial charge in [0.1, 0.15) is 4.90 Å². The fraction of sp³-hybridized carbons (Fsp3) is 0.571. The van der Waals surface area contributed by atoms with Gasteiger partial charge >= 0.3 is 0 Å². The van der Waals surface area contributed by atoms with Crippen LogP contribution in [0.3, 0.4) is 0 Å². The molecular formula is C14H20N2O3S. The number of nitrogens with one attached hydrogen (secondary N) is 1. The predicted octanol–water partition coefficient (Wildman–Crippen LogP) is 1.09. The Morgan fingerprint density at radius 1 is 1.35 bits per heavy atom. The van der Waals surface area contributed by atoms with Crippen molar-refractivity contribution >= 4 is 15.7 Å². The summed E-state index contributed by atoms with van der Waals surface area (Å²) in [7, 11) is -3.48. The van der Waals surface area contributed by atoms with Crippen molar-refractivity contribution in [2.75, 3.05) is 18.0 Å². The van der Waals surface area contributed by atoms with E-state index in [2.05, 4.69) is 4.72 Å². The molecule has 0 spiro atoms. The molecule has 2 N–H and O–H groups in total. The lowest BCUT2D eigenvalue weighted by Crippen LogP contribution is -2.32. The number of β-amino-alcohol motifs (C(OH)–C–C–N with tert-alkyl or cyclic N) is 1. The van der Waals surface area contributed by atoms with Crippen LogP contribution in [0.15, 0.2) is 29.2 Å². The number of para-hydroxylation sites is 1. The molecule has 5 nitrogen and oxygen atoms in total. The summed E-state index contributed by atoms with van der Waals surface area (Å²) in [6, 6.07) is 7.10. The molecule has 1 heterocycles. The first kappa shape index (κ1) is 13.9. The molecule has 0 amide bonds. The maximum atomic E-state index is 12.4. The topological polar surface area (TPSA) is 69.6 Å². The first-order valence-corrected chi connectivity index (χ1v) is 8.44. The quantitative estimate of drug-likeness (QED) is 0.872. The Morgan fingerprint density at radius 2 is 2.05 bits per heavy atom. The molecule has 20 heavy (non-hydrogen) atoms. The monoisotopic (exact) mass is 296 g/mol. The van der Waals surface area contributed by atoms with E-state index in [9.17, 15) is 13.5 Å². The maximum Gasteiger partial charge on any atom is 0.242 e. The molecule has 1 atom stereocenters. The van der Waals surface area contributed by atoms with E-state index in [1.54, 1.807) is 19.1 Å². The molecule has 1 saturated carbocycles. The molecule has 1 aliphatic carbocycles. The molecular weight excluding hydrogens is 276 g/mol. The molecule has 110 valence electrons. The van der Waals surface area contributed by atoms with E-state index in [1.807, 2.05) is 17.0 Å². The Morgan fingerprint density at radius 3 is 2.65 bits per heavy atom. The van der Waals surface area contributed by atoms with E-state index in [4.69, 9.17) is 0 Å². The summed E-state index contributed by atoms with van der Waals surface area (Å²) in [6.07, 6.45) is 2.48. The third kappa shape index (κ3) is 2.82. The Kier molecular flexibility index (Phi) is 3.27. The smallest absolute Gasteiger partial charge is 0.242 e. The first-order valence-electron chi connectivity index (χ1n) is 6.96. The van der Waals surface area contributed by atoms with E-state index < -0.39 is 15.6 Å². The van der Waals surface area contributed by atoms with Gasteiger partial charge in [-0.15, -0.1) is 0 Å². The van der Waals surface area contributed by atoms with Crippen molar-refractivity contribution in [1.82, 2.24) is 4.72 Å². The van der Waals surface area contributed by atoms with Gasteiger partial charge in [-0.05, 0) is 38.3 Å². The Labute approximate surface area is 119 Å². The molecule has 1 unspecified atom stereocenters. The summed E-state index contributed by atoms with van der Waals surface area (Å²) in [5.74, 6) is 0. The molecule has 2 fully saturated rings. The molecule has 0 aromatic heterocycles. The van der Waals surface area contributed by atoms with Gasteiger partial charge in [0.05, 0.1) is 11.3 Å². The molecule has 2 aliphatic rings. The van der Waals surface area contributed by atoms with Crippen LogP contribution in [0.5, 0.6) is 0 Å². The van der Waals surface area contributed by atoms with Crippen LogP contribution in [0.1, 0.15) is 26.2 Å². The lowest BCUT2D eigenvalue weighted by atomic mass is 10.1. The van der Waals surface area contributed by atoms with Crippen LogP contribution >= 0.6 is 0 Å². The second-order valence-corrected chi connectivity index (χ2v) is 7.71. The minimum Gasteiger partial charge on any atom is -0.388 e. The molecule has 0 bridgehead atoms. The highest BCUT2D eigenvalue weighted by Crippen LogP contribution is 2.32. The average Bonchev–Trinajstić information content (AvgIpc) is 3.10. The largest absolute Gasteiger partial charge is 0.388 e. The molecule has 0 radical (unpaired) electrons. The van der Waals surface area contributed by atoms with Crippen LogP contribution in [0.2, 0.25) is 0 Å². The zero-order chi connectivity index (χ0) is 14.4. The summed E-state index contributed by atoms with van der Waals surface area (Å²) in [5, 5.41) is 10.1. The third-order valence-corrected chi connectivity index (χ3v) is 5.41. The molecule has 3 rings (SSSR count). The van der Waals surface area contributed by atoms with Crippen molar-refractivity contribution in [2.45, 2.75) is 42.7 Å². The van der Waals surface area contributed by atoms with Crippen molar-refractivity contribution in [3.63, 3.8) is 0 Å². The highest BCUT2D eigenvalue weighted by molar-refractivity contribution is 7.89. The minimum absolute atomic E-state index is 0.0924. The molecule has 1 aromatic rings. The Bertz CT molecular complexity index is 609. The molecule has 1 aliphatic heterocycles. The van der Waals surface area contributed by atoms with E-state index >= 15 is 0 Å². The van der Waals surface area contributed by atoms with Crippen LogP contribution in [-0.4, -0.2) is 38.3 Å². The van der Waals surface area contributed by atoms with E-state index in [1.165, 1.54) is 0 Å². The number of hydrogen-bond donors (Lipinski definition) is 2. The van der Waals surface area contributed by atoms with Gasteiger partial charge in [-0.1, -0.05) is 12.1 Å². The van der Waals surface area contributed by atoms with Crippen LogP contribution in [0.4, 0.5) is 5.69 Å². The highest BCUT2D eigenvalue weighted by atomic mass is 32.2. The normalized spacial score (nSPS) is 27.0. The van der Waals surface area contributed by atoms with Gasteiger partial charge in [0.25, 0.3) is 0 Å². The van der Waals surface area contributed by atoms with Gasteiger partial charge in [-0.3, -0.25) is 0 Å². The van der Waals surface area contributed by atoms with Crippen LogP contribution < -0.4 is 9.62 Å². The summed E-state index contributed by atoms with van der Waals surface area (Å²) < 4.78 is 27.6. The highest BCUT2D eigenvalue weighted by Gasteiger charge is 2.35. The second kappa shape index (κ2) is 4.72. The maximum absolute atomic E-state index is 12.4. The standard InChI is InChI=1S/C14H20N2O3S/c1-14(17)8-9-16(10-14)12-4-2-3-5-13(12)20(18,19)15-11-6-7-11/h2-5,11,15,17H,6-10H2,1H3. The SMILES string of the molecule is CC1(O)CCN(c2ccccc2S(=O)(=O)NC2CC2)C1. The van der Waals surface area contributed by atoms with Gasteiger partial charge in [0, 0.05) is 19.1 Å². The number of anilines is 1. The number of hydrogen-bond acceptors (Lipinski definition) is 4. The zero-order valence-electron chi connectivity index (χ0n) is 11.5. The first-order chi connectivity index (χ1) is 9.37. The Hall–Kier alpha value is -1.11. The number of benzene rings is 1. The predicted molar refractivity (Wildman–Crippen MR) is 77.2 cm³/mol. The summed E-state index contributed by atoms with van der Waals surface area (Å²) in [4.78, 5) is 2.26.